The van der Waals surface area contributed by atoms with Crippen LogP contribution in [0.4, 0.5) is 11.4 Å². The van der Waals surface area contributed by atoms with Gasteiger partial charge in [0.05, 0.1) is 11.6 Å². The third kappa shape index (κ3) is 5.39. The van der Waals surface area contributed by atoms with Crippen LogP contribution in [0.5, 0.6) is 0 Å². The molecule has 0 spiro atoms. The third-order valence-electron chi connectivity index (χ3n) is 5.56. The average molecular weight is 431 g/mol. The molecule has 1 amide bonds. The molecule has 1 aliphatic rings. The molecule has 0 bridgehead atoms. The Kier molecular flexibility index (Phi) is 7.73. The minimum atomic E-state index is -0.295. The van der Waals surface area contributed by atoms with E-state index in [0.717, 1.165) is 24.0 Å². The van der Waals surface area contributed by atoms with E-state index < -0.39 is 0 Å². The highest BCUT2D eigenvalue weighted by molar-refractivity contribution is 6.16. The molecule has 32 heavy (non-hydrogen) atoms. The molecule has 3 rings (SSSR count). The summed E-state index contributed by atoms with van der Waals surface area (Å²) in [5.41, 5.74) is 17.1. The first kappa shape index (κ1) is 23.2. The molecule has 166 valence electrons. The maximum absolute atomic E-state index is 13.1. The molecule has 0 aromatic heterocycles. The van der Waals surface area contributed by atoms with Gasteiger partial charge in [0.2, 0.25) is 5.91 Å². The number of Topliss-reactive ketones (excluding diaryl/α,β-unsaturated/α-hetero) is 1. The summed E-state index contributed by atoms with van der Waals surface area (Å²) in [5, 5.41) is 3.02. The Labute approximate surface area is 189 Å². The molecule has 0 aliphatic heterocycles. The molecule has 0 saturated carbocycles. The van der Waals surface area contributed by atoms with Gasteiger partial charge in [-0.1, -0.05) is 42.5 Å². The van der Waals surface area contributed by atoms with Gasteiger partial charge in [0, 0.05) is 35.1 Å². The lowest BCUT2D eigenvalue weighted by molar-refractivity contribution is -0.118. The van der Waals surface area contributed by atoms with Crippen LogP contribution in [0.3, 0.4) is 0 Å². The maximum atomic E-state index is 13.1. The average Bonchev–Trinajstić information content (AvgIpc) is 2.80. The number of nitrogens with one attached hydrogen (secondary N) is 1. The van der Waals surface area contributed by atoms with Crippen molar-refractivity contribution < 1.29 is 9.59 Å². The van der Waals surface area contributed by atoms with Crippen LogP contribution >= 0.6 is 0 Å². The standard InChI is InChI=1S/C26H30N4O2/c1-17(31)18-8-10-20(11-9-18)25(29-2)23-16-21(12-13-24(23)28)30-26(32)22(14-15-27)19-6-4-3-5-7-19/h4,6-13,16,22H,3,5,14-15,27-28H2,1-2H3,(H,30,32)/b29-25-. The largest absolute Gasteiger partial charge is 0.398 e. The molecule has 2 aromatic carbocycles. The first-order chi connectivity index (χ1) is 15.4. The summed E-state index contributed by atoms with van der Waals surface area (Å²) < 4.78 is 0. The molecule has 5 N–H and O–H groups in total. The van der Waals surface area contributed by atoms with Gasteiger partial charge in [0.25, 0.3) is 0 Å². The molecular weight excluding hydrogens is 400 g/mol. The zero-order valence-corrected chi connectivity index (χ0v) is 18.6. The van der Waals surface area contributed by atoms with Gasteiger partial charge in [-0.25, -0.2) is 0 Å². The number of rotatable bonds is 8. The molecule has 1 unspecified atom stereocenters. The normalized spacial score (nSPS) is 14.6. The Balaban J connectivity index is 1.87. The number of carbonyl (C=O) groups excluding carboxylic acids is 2. The number of amides is 1. The molecule has 0 saturated heterocycles. The summed E-state index contributed by atoms with van der Waals surface area (Å²) in [5.74, 6) is -0.383. The minimum Gasteiger partial charge on any atom is -0.398 e. The van der Waals surface area contributed by atoms with Crippen molar-refractivity contribution in [2.45, 2.75) is 26.2 Å². The van der Waals surface area contributed by atoms with Crippen molar-refractivity contribution in [1.29, 1.82) is 0 Å². The van der Waals surface area contributed by atoms with E-state index in [4.69, 9.17) is 11.5 Å². The van der Waals surface area contributed by atoms with Crippen LogP contribution in [-0.2, 0) is 4.79 Å². The van der Waals surface area contributed by atoms with E-state index in [2.05, 4.69) is 22.5 Å². The molecule has 0 radical (unpaired) electrons. The van der Waals surface area contributed by atoms with Crippen molar-refractivity contribution in [2.75, 3.05) is 24.6 Å². The highest BCUT2D eigenvalue weighted by atomic mass is 16.2. The van der Waals surface area contributed by atoms with Crippen LogP contribution in [-0.4, -0.2) is 31.0 Å². The molecule has 0 fully saturated rings. The number of nitrogens with zero attached hydrogens (tertiary/aromatic N) is 1. The van der Waals surface area contributed by atoms with Gasteiger partial charge in [-0.15, -0.1) is 0 Å². The first-order valence-electron chi connectivity index (χ1n) is 10.8. The molecular formula is C26H30N4O2. The van der Waals surface area contributed by atoms with Crippen molar-refractivity contribution in [3.05, 3.63) is 83.0 Å². The number of benzene rings is 2. The van der Waals surface area contributed by atoms with Crippen LogP contribution in [0.1, 0.15) is 47.7 Å². The van der Waals surface area contributed by atoms with Crippen molar-refractivity contribution in [3.8, 4) is 0 Å². The van der Waals surface area contributed by atoms with Gasteiger partial charge in [0.15, 0.2) is 5.78 Å². The van der Waals surface area contributed by atoms with Crippen molar-refractivity contribution in [1.82, 2.24) is 0 Å². The Hall–Kier alpha value is -3.51. The number of aliphatic imine (C=N–C) groups is 1. The highest BCUT2D eigenvalue weighted by Crippen LogP contribution is 2.26. The molecule has 1 aliphatic carbocycles. The number of carbonyl (C=O) groups is 2. The van der Waals surface area contributed by atoms with Crippen LogP contribution in [0.25, 0.3) is 0 Å². The van der Waals surface area contributed by atoms with Gasteiger partial charge in [-0.05, 0) is 56.5 Å². The highest BCUT2D eigenvalue weighted by Gasteiger charge is 2.22. The second-order valence-electron chi connectivity index (χ2n) is 7.81. The number of hydrogen-bond acceptors (Lipinski definition) is 5. The van der Waals surface area contributed by atoms with E-state index in [1.807, 2.05) is 24.3 Å². The van der Waals surface area contributed by atoms with Crippen LogP contribution in [0, 0.1) is 5.92 Å². The van der Waals surface area contributed by atoms with E-state index in [9.17, 15) is 9.59 Å². The molecule has 2 aromatic rings. The summed E-state index contributed by atoms with van der Waals surface area (Å²) in [7, 11) is 1.69. The zero-order chi connectivity index (χ0) is 23.1. The number of ketones is 1. The predicted molar refractivity (Wildman–Crippen MR) is 131 cm³/mol. The predicted octanol–water partition coefficient (Wildman–Crippen LogP) is 4.12. The van der Waals surface area contributed by atoms with E-state index in [-0.39, 0.29) is 17.6 Å². The van der Waals surface area contributed by atoms with Gasteiger partial charge < -0.3 is 16.8 Å². The molecule has 6 heteroatoms. The Morgan fingerprint density at radius 1 is 1.09 bits per heavy atom. The number of allylic oxidation sites excluding steroid dienone is 3. The topological polar surface area (TPSA) is 111 Å². The van der Waals surface area contributed by atoms with Crippen molar-refractivity contribution >= 4 is 28.8 Å². The summed E-state index contributed by atoms with van der Waals surface area (Å²) in [6, 6.07) is 12.6. The SMILES string of the molecule is C/N=C(/c1ccc(C(C)=O)cc1)c1cc(NC(=O)C(CCN)C2=CCCC=C2)ccc1N. The van der Waals surface area contributed by atoms with Crippen LogP contribution in [0.2, 0.25) is 0 Å². The van der Waals surface area contributed by atoms with Crippen LogP contribution in [0.15, 0.2) is 71.3 Å². The van der Waals surface area contributed by atoms with E-state index in [1.54, 1.807) is 31.3 Å². The quantitative estimate of drug-likeness (QED) is 0.332. The van der Waals surface area contributed by atoms with Gasteiger partial charge in [-0.2, -0.15) is 0 Å². The summed E-state index contributed by atoms with van der Waals surface area (Å²) in [4.78, 5) is 29.1. The van der Waals surface area contributed by atoms with Crippen molar-refractivity contribution in [2.24, 2.45) is 16.6 Å². The Morgan fingerprint density at radius 2 is 1.81 bits per heavy atom. The first-order valence-corrected chi connectivity index (χ1v) is 10.8. The summed E-state index contributed by atoms with van der Waals surface area (Å²) in [6.45, 7) is 1.96. The lowest BCUT2D eigenvalue weighted by atomic mass is 9.90. The summed E-state index contributed by atoms with van der Waals surface area (Å²) in [6.07, 6.45) is 8.73. The monoisotopic (exact) mass is 430 g/mol. The van der Waals surface area contributed by atoms with E-state index in [1.165, 1.54) is 6.92 Å². The second-order valence-corrected chi connectivity index (χ2v) is 7.81. The fourth-order valence-electron chi connectivity index (χ4n) is 3.84. The maximum Gasteiger partial charge on any atom is 0.231 e. The van der Waals surface area contributed by atoms with Gasteiger partial charge in [-0.3, -0.25) is 14.6 Å². The van der Waals surface area contributed by atoms with E-state index >= 15 is 0 Å². The summed E-state index contributed by atoms with van der Waals surface area (Å²) >= 11 is 0. The van der Waals surface area contributed by atoms with Crippen LogP contribution < -0.4 is 16.8 Å². The fourth-order valence-corrected chi connectivity index (χ4v) is 3.84. The third-order valence-corrected chi connectivity index (χ3v) is 5.56. The van der Waals surface area contributed by atoms with Gasteiger partial charge in [0.1, 0.15) is 0 Å². The van der Waals surface area contributed by atoms with E-state index in [0.29, 0.717) is 41.2 Å². The number of nitrogens with two attached hydrogens (primary N) is 2. The number of nitrogen functional groups attached to an aromatic ring is 1. The Morgan fingerprint density at radius 3 is 2.41 bits per heavy atom. The van der Waals surface area contributed by atoms with Crippen molar-refractivity contribution in [3.63, 3.8) is 0 Å². The zero-order valence-electron chi connectivity index (χ0n) is 18.6. The lowest BCUT2D eigenvalue weighted by Crippen LogP contribution is -2.27. The Bertz CT molecular complexity index is 1080. The smallest absolute Gasteiger partial charge is 0.231 e. The van der Waals surface area contributed by atoms with Gasteiger partial charge >= 0.3 is 0 Å². The molecule has 0 heterocycles. The molecule has 6 nitrogen and oxygen atoms in total. The molecule has 1 atom stereocenters. The lowest BCUT2D eigenvalue weighted by Gasteiger charge is -2.20. The second kappa shape index (κ2) is 10.7. The fraction of sp³-hybridized carbons (Fsp3) is 0.269. The minimum absolute atomic E-state index is 0.00530. The number of hydrogen-bond donors (Lipinski definition) is 3. The number of anilines is 2.